The number of nitrogens with one attached hydrogen (secondary N) is 1. The smallest absolute Gasteiger partial charge is 0.282 e. The van der Waals surface area contributed by atoms with Crippen LogP contribution in [0.25, 0.3) is 0 Å². The summed E-state index contributed by atoms with van der Waals surface area (Å²) in [5.41, 5.74) is 9.07. The zero-order valence-corrected chi connectivity index (χ0v) is 16.7. The predicted octanol–water partition coefficient (Wildman–Crippen LogP) is 3.74. The van der Waals surface area contributed by atoms with Crippen LogP contribution in [0.3, 0.4) is 0 Å². The summed E-state index contributed by atoms with van der Waals surface area (Å²) >= 11 is 6.00. The van der Waals surface area contributed by atoms with Gasteiger partial charge in [-0.15, -0.1) is 0 Å². The molecule has 0 aliphatic heterocycles. The number of aryl methyl sites for hydroxylation is 1. The molecule has 1 heterocycles. The molecule has 148 valence electrons. The van der Waals surface area contributed by atoms with Gasteiger partial charge in [0.05, 0.1) is 19.0 Å². The third-order valence-electron chi connectivity index (χ3n) is 4.13. The van der Waals surface area contributed by atoms with E-state index in [1.54, 1.807) is 31.3 Å². The van der Waals surface area contributed by atoms with Gasteiger partial charge in [-0.3, -0.25) is 9.78 Å². The van der Waals surface area contributed by atoms with Gasteiger partial charge >= 0.3 is 0 Å². The van der Waals surface area contributed by atoms with Gasteiger partial charge in [-0.2, -0.15) is 0 Å². The summed E-state index contributed by atoms with van der Waals surface area (Å²) in [6.07, 6.45) is 2.98. The van der Waals surface area contributed by atoms with E-state index in [2.05, 4.69) is 20.3 Å². The maximum absolute atomic E-state index is 12.4. The summed E-state index contributed by atoms with van der Waals surface area (Å²) in [5, 5.41) is 3.45. The van der Waals surface area contributed by atoms with E-state index < -0.39 is 6.04 Å². The van der Waals surface area contributed by atoms with Crippen LogP contribution in [0.1, 0.15) is 33.4 Å². The summed E-state index contributed by atoms with van der Waals surface area (Å²) in [5.74, 6) is -0.349. The minimum Gasteiger partial charge on any atom is -0.469 e. The molecule has 0 saturated carbocycles. The van der Waals surface area contributed by atoms with Gasteiger partial charge in [0.1, 0.15) is 11.7 Å². The number of anilines is 1. The number of ether oxygens (including phenoxy) is 1. The zero-order chi connectivity index (χ0) is 20.8. The largest absolute Gasteiger partial charge is 0.469 e. The van der Waals surface area contributed by atoms with Crippen LogP contribution in [0.15, 0.2) is 65.9 Å². The molecule has 7 nitrogen and oxygen atoms in total. The normalized spacial score (nSPS) is 12.3. The summed E-state index contributed by atoms with van der Waals surface area (Å²) in [4.78, 5) is 25.1. The number of amidine groups is 1. The molecule has 0 bridgehead atoms. The van der Waals surface area contributed by atoms with E-state index in [0.717, 1.165) is 16.8 Å². The van der Waals surface area contributed by atoms with Gasteiger partial charge in [0.25, 0.3) is 11.9 Å². The first-order valence-corrected chi connectivity index (χ1v) is 9.16. The third-order valence-corrected chi connectivity index (χ3v) is 4.38. The first-order valence-electron chi connectivity index (χ1n) is 8.79. The van der Waals surface area contributed by atoms with Gasteiger partial charge in [-0.05, 0) is 42.3 Å². The second kappa shape index (κ2) is 9.16. The minimum atomic E-state index is -0.428. The lowest BCUT2D eigenvalue weighted by molar-refractivity contribution is 0.102. The van der Waals surface area contributed by atoms with E-state index in [-0.39, 0.29) is 17.6 Å². The van der Waals surface area contributed by atoms with E-state index in [1.165, 1.54) is 13.3 Å². The lowest BCUT2D eigenvalue weighted by atomic mass is 9.99. The molecule has 3 rings (SSSR count). The first kappa shape index (κ1) is 20.3. The number of hydrogen-bond donors (Lipinski definition) is 2. The number of aromatic nitrogens is 2. The number of nitrogens with zero attached hydrogens (tertiary/aromatic N) is 3. The van der Waals surface area contributed by atoms with Crippen LogP contribution >= 0.6 is 11.6 Å². The number of benzene rings is 2. The summed E-state index contributed by atoms with van der Waals surface area (Å²) in [6, 6.07) is 14.3. The standard InChI is InChI=1S/C21H20ClN5O2/c1-13-11-25-18(12-24-13)20(28)26-17-5-3-4-15(10-17)19(27-21(23)29-2)14-6-8-16(22)9-7-14/h3-12,19H,1-2H3,(H2,23,27)(H,26,28). The van der Waals surface area contributed by atoms with Crippen LogP contribution in [0.2, 0.25) is 5.02 Å². The molecular formula is C21H20ClN5O2. The van der Waals surface area contributed by atoms with E-state index in [4.69, 9.17) is 22.1 Å². The molecule has 1 aromatic heterocycles. The quantitative estimate of drug-likeness (QED) is 0.493. The molecule has 0 aliphatic carbocycles. The molecule has 3 N–H and O–H groups in total. The van der Waals surface area contributed by atoms with Crippen molar-refractivity contribution in [1.29, 1.82) is 0 Å². The minimum absolute atomic E-state index is 0.0503. The number of carbonyl (C=O) groups is 1. The van der Waals surface area contributed by atoms with Gasteiger partial charge in [0.2, 0.25) is 0 Å². The van der Waals surface area contributed by atoms with Crippen molar-refractivity contribution in [1.82, 2.24) is 9.97 Å². The Hall–Kier alpha value is -3.45. The molecule has 0 fully saturated rings. The fourth-order valence-corrected chi connectivity index (χ4v) is 2.78. The molecule has 1 amide bonds. The average molecular weight is 410 g/mol. The van der Waals surface area contributed by atoms with Gasteiger partial charge < -0.3 is 15.8 Å². The van der Waals surface area contributed by atoms with Gasteiger partial charge in [0.15, 0.2) is 0 Å². The van der Waals surface area contributed by atoms with Crippen molar-refractivity contribution in [2.75, 3.05) is 12.4 Å². The number of aliphatic imine (C=N–C) groups is 1. The van der Waals surface area contributed by atoms with E-state index in [0.29, 0.717) is 10.7 Å². The number of amides is 1. The molecule has 0 spiro atoms. The third kappa shape index (κ3) is 5.30. The number of halogens is 1. The Morgan fingerprint density at radius 3 is 2.55 bits per heavy atom. The molecule has 1 unspecified atom stereocenters. The van der Waals surface area contributed by atoms with Crippen LogP contribution in [-0.2, 0) is 4.74 Å². The second-order valence-corrected chi connectivity index (χ2v) is 6.68. The number of hydrogen-bond acceptors (Lipinski definition) is 5. The number of methoxy groups -OCH3 is 1. The van der Waals surface area contributed by atoms with Crippen molar-refractivity contribution < 1.29 is 9.53 Å². The summed E-state index contributed by atoms with van der Waals surface area (Å²) in [6.45, 7) is 1.81. The van der Waals surface area contributed by atoms with Crippen LogP contribution in [0.5, 0.6) is 0 Å². The molecule has 2 aromatic carbocycles. The monoisotopic (exact) mass is 409 g/mol. The Labute approximate surface area is 173 Å². The molecule has 8 heteroatoms. The molecule has 3 aromatic rings. The van der Waals surface area contributed by atoms with Crippen LogP contribution in [0, 0.1) is 6.92 Å². The fourth-order valence-electron chi connectivity index (χ4n) is 2.66. The maximum atomic E-state index is 12.4. The van der Waals surface area contributed by atoms with Gasteiger partial charge in [0, 0.05) is 16.9 Å². The highest BCUT2D eigenvalue weighted by Gasteiger charge is 2.16. The molecule has 29 heavy (non-hydrogen) atoms. The second-order valence-electron chi connectivity index (χ2n) is 6.25. The number of rotatable bonds is 5. The van der Waals surface area contributed by atoms with Crippen molar-refractivity contribution in [3.8, 4) is 0 Å². The van der Waals surface area contributed by atoms with Crippen molar-refractivity contribution in [2.45, 2.75) is 13.0 Å². The Morgan fingerprint density at radius 2 is 1.90 bits per heavy atom. The van der Waals surface area contributed by atoms with Crippen molar-refractivity contribution in [3.63, 3.8) is 0 Å². The van der Waals surface area contributed by atoms with E-state index in [1.807, 2.05) is 30.3 Å². The summed E-state index contributed by atoms with van der Waals surface area (Å²) in [7, 11) is 1.46. The molecule has 0 aliphatic rings. The van der Waals surface area contributed by atoms with Gasteiger partial charge in [-0.25, -0.2) is 9.98 Å². The zero-order valence-electron chi connectivity index (χ0n) is 16.0. The molecule has 1 atom stereocenters. The Kier molecular flexibility index (Phi) is 6.41. The Bertz CT molecular complexity index is 1020. The van der Waals surface area contributed by atoms with Crippen LogP contribution < -0.4 is 11.1 Å². The first-order chi connectivity index (χ1) is 14.0. The molecule has 0 saturated heterocycles. The SMILES string of the molecule is COC(N)=NC(c1ccc(Cl)cc1)c1cccc(NC(=O)c2cnc(C)cn2)c1. The highest BCUT2D eigenvalue weighted by molar-refractivity contribution is 6.30. The lowest BCUT2D eigenvalue weighted by Gasteiger charge is -2.16. The highest BCUT2D eigenvalue weighted by atomic mass is 35.5. The van der Waals surface area contributed by atoms with Crippen LogP contribution in [-0.4, -0.2) is 29.0 Å². The van der Waals surface area contributed by atoms with Crippen molar-refractivity contribution >= 4 is 29.2 Å². The molecule has 0 radical (unpaired) electrons. The van der Waals surface area contributed by atoms with E-state index in [9.17, 15) is 4.79 Å². The Balaban J connectivity index is 1.90. The predicted molar refractivity (Wildman–Crippen MR) is 113 cm³/mol. The molecular weight excluding hydrogens is 390 g/mol. The van der Waals surface area contributed by atoms with Crippen LogP contribution in [0.4, 0.5) is 5.69 Å². The van der Waals surface area contributed by atoms with Crippen molar-refractivity contribution in [2.24, 2.45) is 10.7 Å². The van der Waals surface area contributed by atoms with Gasteiger partial charge in [-0.1, -0.05) is 35.9 Å². The number of nitrogens with two attached hydrogens (primary N) is 1. The number of carbonyl (C=O) groups excluding carboxylic acids is 1. The Morgan fingerprint density at radius 1 is 1.14 bits per heavy atom. The average Bonchev–Trinajstić information content (AvgIpc) is 2.73. The van der Waals surface area contributed by atoms with E-state index >= 15 is 0 Å². The fraction of sp³-hybridized carbons (Fsp3) is 0.143. The topological polar surface area (TPSA) is 102 Å². The van der Waals surface area contributed by atoms with Crippen molar-refractivity contribution in [3.05, 3.63) is 88.5 Å². The maximum Gasteiger partial charge on any atom is 0.282 e. The lowest BCUT2D eigenvalue weighted by Crippen LogP contribution is -2.16. The summed E-state index contributed by atoms with van der Waals surface area (Å²) < 4.78 is 5.03. The highest BCUT2D eigenvalue weighted by Crippen LogP contribution is 2.29.